The number of rotatable bonds is 5. The molecule has 7 nitrogen and oxygen atoms in total. The Kier molecular flexibility index (Phi) is 4.89. The molecule has 2 aromatic rings. The van der Waals surface area contributed by atoms with Crippen molar-refractivity contribution >= 4 is 11.7 Å². The zero-order valence-electron chi connectivity index (χ0n) is 12.2. The Bertz CT molecular complexity index is 607. The summed E-state index contributed by atoms with van der Waals surface area (Å²) in [5, 5.41) is 9.69. The highest BCUT2D eigenvalue weighted by molar-refractivity contribution is 5.89. The number of hydrogen-bond acceptors (Lipinski definition) is 4. The number of nitrogens with two attached hydrogens (primary N) is 1. The Balaban J connectivity index is 1.80. The van der Waals surface area contributed by atoms with Gasteiger partial charge in [-0.3, -0.25) is 4.68 Å². The van der Waals surface area contributed by atoms with Crippen LogP contribution in [0.4, 0.5) is 10.5 Å². The average molecular weight is 288 g/mol. The molecule has 0 aliphatic carbocycles. The molecule has 4 N–H and O–H groups in total. The molecule has 1 atom stereocenters. The summed E-state index contributed by atoms with van der Waals surface area (Å²) in [6.07, 6.45) is 2.23. The number of benzene rings is 1. The highest BCUT2D eigenvalue weighted by atomic mass is 16.2. The lowest BCUT2D eigenvalue weighted by Gasteiger charge is -2.10. The minimum atomic E-state index is -0.257. The first-order chi connectivity index (χ1) is 10.0. The highest BCUT2D eigenvalue weighted by Gasteiger charge is 2.05. The molecule has 0 aliphatic rings. The molecule has 0 spiro atoms. The van der Waals surface area contributed by atoms with Crippen LogP contribution >= 0.6 is 0 Å². The Labute approximate surface area is 123 Å². The topological polar surface area (TPSA) is 97.9 Å². The number of carbonyl (C=O) groups is 1. The van der Waals surface area contributed by atoms with E-state index >= 15 is 0 Å². The largest absolute Gasteiger partial charge is 0.337 e. The SMILES string of the molecule is CC(N)c1cccc(NC(=O)NCCc2ncn(C)n2)c1. The molecule has 2 rings (SSSR count). The Morgan fingerprint density at radius 1 is 1.48 bits per heavy atom. The third kappa shape index (κ3) is 4.57. The van der Waals surface area contributed by atoms with E-state index in [-0.39, 0.29) is 12.1 Å². The van der Waals surface area contributed by atoms with Crippen molar-refractivity contribution in [2.24, 2.45) is 12.8 Å². The van der Waals surface area contributed by atoms with Crippen LogP contribution in [0.3, 0.4) is 0 Å². The highest BCUT2D eigenvalue weighted by Crippen LogP contribution is 2.15. The van der Waals surface area contributed by atoms with Crippen molar-refractivity contribution in [1.82, 2.24) is 20.1 Å². The van der Waals surface area contributed by atoms with Crippen LogP contribution in [0, 0.1) is 0 Å². The fourth-order valence-electron chi connectivity index (χ4n) is 1.86. The summed E-state index contributed by atoms with van der Waals surface area (Å²) in [5.74, 6) is 0.705. The Hall–Kier alpha value is -2.41. The van der Waals surface area contributed by atoms with Gasteiger partial charge in [-0.25, -0.2) is 9.78 Å². The lowest BCUT2D eigenvalue weighted by atomic mass is 10.1. The number of aryl methyl sites for hydroxylation is 1. The summed E-state index contributed by atoms with van der Waals surface area (Å²) >= 11 is 0. The van der Waals surface area contributed by atoms with Crippen LogP contribution in [0.15, 0.2) is 30.6 Å². The molecule has 21 heavy (non-hydrogen) atoms. The molecule has 1 aromatic carbocycles. The van der Waals surface area contributed by atoms with Crippen LogP contribution in [0.25, 0.3) is 0 Å². The van der Waals surface area contributed by atoms with Crippen molar-refractivity contribution in [2.75, 3.05) is 11.9 Å². The van der Waals surface area contributed by atoms with Crippen LogP contribution in [0.2, 0.25) is 0 Å². The number of nitrogens with zero attached hydrogens (tertiary/aromatic N) is 3. The predicted octanol–water partition coefficient (Wildman–Crippen LogP) is 1.20. The van der Waals surface area contributed by atoms with Crippen LogP contribution in [0.5, 0.6) is 0 Å². The van der Waals surface area contributed by atoms with E-state index in [9.17, 15) is 4.79 Å². The van der Waals surface area contributed by atoms with Gasteiger partial charge in [0.25, 0.3) is 0 Å². The molecule has 1 aromatic heterocycles. The van der Waals surface area contributed by atoms with E-state index in [0.29, 0.717) is 18.8 Å². The first kappa shape index (κ1) is 15.0. The zero-order chi connectivity index (χ0) is 15.2. The molecule has 2 amide bonds. The molecular weight excluding hydrogens is 268 g/mol. The molecule has 112 valence electrons. The standard InChI is InChI=1S/C14H20N6O/c1-10(15)11-4-3-5-12(8-11)18-14(21)16-7-6-13-17-9-20(2)19-13/h3-5,8-10H,6-7,15H2,1-2H3,(H2,16,18,21). The summed E-state index contributed by atoms with van der Waals surface area (Å²) in [4.78, 5) is 15.9. The maximum absolute atomic E-state index is 11.8. The van der Waals surface area contributed by atoms with Gasteiger partial charge in [-0.1, -0.05) is 12.1 Å². The van der Waals surface area contributed by atoms with Gasteiger partial charge in [-0.15, -0.1) is 0 Å². The summed E-state index contributed by atoms with van der Waals surface area (Å²) in [5.41, 5.74) is 7.51. The van der Waals surface area contributed by atoms with E-state index in [2.05, 4.69) is 20.7 Å². The van der Waals surface area contributed by atoms with Crippen molar-refractivity contribution < 1.29 is 4.79 Å². The number of carbonyl (C=O) groups excluding carboxylic acids is 1. The Morgan fingerprint density at radius 2 is 2.29 bits per heavy atom. The molecular formula is C14H20N6O. The second-order valence-corrected chi connectivity index (χ2v) is 4.88. The molecule has 0 radical (unpaired) electrons. The number of nitrogens with one attached hydrogen (secondary N) is 2. The summed E-state index contributed by atoms with van der Waals surface area (Å²) in [6.45, 7) is 2.38. The van der Waals surface area contributed by atoms with Crippen molar-refractivity contribution in [2.45, 2.75) is 19.4 Å². The third-order valence-corrected chi connectivity index (χ3v) is 2.95. The average Bonchev–Trinajstić information content (AvgIpc) is 2.84. The Morgan fingerprint density at radius 3 is 2.95 bits per heavy atom. The molecule has 0 saturated carbocycles. The number of amides is 2. The second-order valence-electron chi connectivity index (χ2n) is 4.88. The molecule has 7 heteroatoms. The van der Waals surface area contributed by atoms with Gasteiger partial charge in [0.1, 0.15) is 6.33 Å². The fraction of sp³-hybridized carbons (Fsp3) is 0.357. The van der Waals surface area contributed by atoms with Gasteiger partial charge in [0.15, 0.2) is 5.82 Å². The second kappa shape index (κ2) is 6.85. The first-order valence-electron chi connectivity index (χ1n) is 6.79. The smallest absolute Gasteiger partial charge is 0.319 e. The zero-order valence-corrected chi connectivity index (χ0v) is 12.2. The first-order valence-corrected chi connectivity index (χ1v) is 6.79. The molecule has 0 saturated heterocycles. The van der Waals surface area contributed by atoms with Crippen molar-refractivity contribution in [3.05, 3.63) is 42.0 Å². The number of urea groups is 1. The summed E-state index contributed by atoms with van der Waals surface area (Å²) < 4.78 is 1.63. The van der Waals surface area contributed by atoms with Crippen LogP contribution in [-0.2, 0) is 13.5 Å². The molecule has 0 fully saturated rings. The monoisotopic (exact) mass is 288 g/mol. The lowest BCUT2D eigenvalue weighted by molar-refractivity contribution is 0.252. The minimum absolute atomic E-state index is 0.0648. The molecule has 1 heterocycles. The van der Waals surface area contributed by atoms with Gasteiger partial charge in [0.05, 0.1) is 0 Å². The molecule has 1 unspecified atom stereocenters. The molecule has 0 aliphatic heterocycles. The molecule has 0 bridgehead atoms. The quantitative estimate of drug-likeness (QED) is 0.770. The van der Waals surface area contributed by atoms with Crippen molar-refractivity contribution in [3.63, 3.8) is 0 Å². The van der Waals surface area contributed by atoms with Crippen molar-refractivity contribution in [3.8, 4) is 0 Å². The number of aromatic nitrogens is 3. The normalized spacial score (nSPS) is 12.0. The van der Waals surface area contributed by atoms with Crippen LogP contribution < -0.4 is 16.4 Å². The summed E-state index contributed by atoms with van der Waals surface area (Å²) in [6, 6.07) is 7.17. The number of hydrogen-bond donors (Lipinski definition) is 3. The third-order valence-electron chi connectivity index (χ3n) is 2.95. The van der Waals surface area contributed by atoms with Gasteiger partial charge < -0.3 is 16.4 Å². The van der Waals surface area contributed by atoms with Crippen LogP contribution in [-0.4, -0.2) is 27.3 Å². The lowest BCUT2D eigenvalue weighted by Crippen LogP contribution is -2.30. The van der Waals surface area contributed by atoms with E-state index in [0.717, 1.165) is 11.3 Å². The van der Waals surface area contributed by atoms with Crippen LogP contribution in [0.1, 0.15) is 24.4 Å². The van der Waals surface area contributed by atoms with E-state index < -0.39 is 0 Å². The van der Waals surface area contributed by atoms with E-state index in [1.54, 1.807) is 11.0 Å². The predicted molar refractivity (Wildman–Crippen MR) is 80.8 cm³/mol. The van der Waals surface area contributed by atoms with Gasteiger partial charge in [0.2, 0.25) is 0 Å². The maximum Gasteiger partial charge on any atom is 0.319 e. The van der Waals surface area contributed by atoms with E-state index in [4.69, 9.17) is 5.73 Å². The minimum Gasteiger partial charge on any atom is -0.337 e. The van der Waals surface area contributed by atoms with E-state index in [1.165, 1.54) is 0 Å². The maximum atomic E-state index is 11.8. The number of anilines is 1. The van der Waals surface area contributed by atoms with Gasteiger partial charge in [-0.05, 0) is 24.6 Å². The van der Waals surface area contributed by atoms with Crippen molar-refractivity contribution in [1.29, 1.82) is 0 Å². The van der Waals surface area contributed by atoms with Gasteiger partial charge in [0, 0.05) is 31.7 Å². The van der Waals surface area contributed by atoms with Gasteiger partial charge in [-0.2, -0.15) is 5.10 Å². The van der Waals surface area contributed by atoms with E-state index in [1.807, 2.05) is 38.2 Å². The fourth-order valence-corrected chi connectivity index (χ4v) is 1.86. The van der Waals surface area contributed by atoms with Gasteiger partial charge >= 0.3 is 6.03 Å². The summed E-state index contributed by atoms with van der Waals surface area (Å²) in [7, 11) is 1.81.